The molecule has 1 atom stereocenters. The number of rotatable bonds is 3. The van der Waals surface area contributed by atoms with Gasteiger partial charge in [0.2, 0.25) is 5.91 Å². The van der Waals surface area contributed by atoms with Gasteiger partial charge in [-0.25, -0.2) is 0 Å². The summed E-state index contributed by atoms with van der Waals surface area (Å²) in [7, 11) is 0. The Labute approximate surface area is 132 Å². The molecule has 1 unspecified atom stereocenters. The summed E-state index contributed by atoms with van der Waals surface area (Å²) in [4.78, 5) is 12.5. The zero-order valence-electron chi connectivity index (χ0n) is 10.9. The average molecular weight is 393 g/mol. The Morgan fingerprint density at radius 3 is 2.95 bits per heavy atom. The van der Waals surface area contributed by atoms with Gasteiger partial charge in [-0.3, -0.25) is 4.79 Å². The van der Waals surface area contributed by atoms with Crippen LogP contribution in [0.15, 0.2) is 18.2 Å². The molecule has 0 saturated carbocycles. The van der Waals surface area contributed by atoms with Crippen LogP contribution in [0.1, 0.15) is 26.2 Å². The van der Waals surface area contributed by atoms with Gasteiger partial charge in [-0.15, -0.1) is 0 Å². The molecule has 0 bridgehead atoms. The Bertz CT molecular complexity index is 473. The smallest absolute Gasteiger partial charge is 0.231 e. The topological polar surface area (TPSA) is 41.1 Å². The number of carbonyl (C=O) groups excluding carboxylic acids is 1. The van der Waals surface area contributed by atoms with E-state index in [0.717, 1.165) is 35.9 Å². The highest BCUT2D eigenvalue weighted by molar-refractivity contribution is 14.1. The molecule has 1 saturated heterocycles. The van der Waals surface area contributed by atoms with Gasteiger partial charge >= 0.3 is 0 Å². The zero-order chi connectivity index (χ0) is 13.9. The lowest BCUT2D eigenvalue weighted by atomic mass is 9.77. The number of halogens is 2. The first-order valence-electron chi connectivity index (χ1n) is 6.54. The second kappa shape index (κ2) is 6.41. The normalized spacial score (nSPS) is 23.1. The highest BCUT2D eigenvalue weighted by Gasteiger charge is 2.37. The van der Waals surface area contributed by atoms with E-state index >= 15 is 0 Å². The minimum absolute atomic E-state index is 0.0744. The van der Waals surface area contributed by atoms with Crippen LogP contribution >= 0.6 is 34.2 Å². The molecule has 1 amide bonds. The number of nitrogens with one attached hydrogen (secondary N) is 2. The average Bonchev–Trinajstić information content (AvgIpc) is 2.42. The molecule has 1 heterocycles. The molecule has 0 aliphatic carbocycles. The third-order valence-corrected chi connectivity index (χ3v) is 4.79. The van der Waals surface area contributed by atoms with Gasteiger partial charge in [-0.05, 0) is 66.6 Å². The molecule has 3 nitrogen and oxygen atoms in total. The largest absolute Gasteiger partial charge is 0.324 e. The summed E-state index contributed by atoms with van der Waals surface area (Å²) in [6.45, 7) is 3.82. The van der Waals surface area contributed by atoms with Crippen LogP contribution < -0.4 is 10.6 Å². The van der Waals surface area contributed by atoms with Crippen LogP contribution in [0.2, 0.25) is 5.02 Å². The highest BCUT2D eigenvalue weighted by Crippen LogP contribution is 2.33. The molecule has 19 heavy (non-hydrogen) atoms. The lowest BCUT2D eigenvalue weighted by molar-refractivity contribution is -0.126. The minimum atomic E-state index is -0.301. The maximum absolute atomic E-state index is 12.5. The standard InChI is InChI=1S/C14H18ClIN2O/c1-2-14(6-3-7-17-9-14)13(19)18-12-5-4-10(16)8-11(12)15/h4-5,8,17H,2-3,6-7,9H2,1H3,(H,18,19). The van der Waals surface area contributed by atoms with Gasteiger partial charge in [0.25, 0.3) is 0 Å². The molecule has 1 aromatic rings. The van der Waals surface area contributed by atoms with E-state index < -0.39 is 0 Å². The molecular weight excluding hydrogens is 375 g/mol. The molecule has 104 valence electrons. The van der Waals surface area contributed by atoms with Crippen molar-refractivity contribution >= 4 is 45.8 Å². The van der Waals surface area contributed by atoms with Crippen molar-refractivity contribution in [3.63, 3.8) is 0 Å². The van der Waals surface area contributed by atoms with Crippen molar-refractivity contribution < 1.29 is 4.79 Å². The van der Waals surface area contributed by atoms with Crippen LogP contribution in [0.5, 0.6) is 0 Å². The fourth-order valence-corrected chi connectivity index (χ4v) is 3.37. The van der Waals surface area contributed by atoms with Crippen molar-refractivity contribution in [3.8, 4) is 0 Å². The lowest BCUT2D eigenvalue weighted by Crippen LogP contribution is -2.47. The lowest BCUT2D eigenvalue weighted by Gasteiger charge is -2.35. The van der Waals surface area contributed by atoms with E-state index in [-0.39, 0.29) is 11.3 Å². The molecule has 1 aliphatic heterocycles. The van der Waals surface area contributed by atoms with Crippen molar-refractivity contribution in [1.82, 2.24) is 5.32 Å². The fourth-order valence-electron chi connectivity index (χ4n) is 2.47. The van der Waals surface area contributed by atoms with Crippen LogP contribution in [0.4, 0.5) is 5.69 Å². The predicted octanol–water partition coefficient (Wildman–Crippen LogP) is 3.66. The van der Waals surface area contributed by atoms with Crippen molar-refractivity contribution in [2.24, 2.45) is 5.41 Å². The van der Waals surface area contributed by atoms with Crippen molar-refractivity contribution in [3.05, 3.63) is 26.8 Å². The number of benzene rings is 1. The first kappa shape index (κ1) is 15.1. The van der Waals surface area contributed by atoms with Gasteiger partial charge in [-0.1, -0.05) is 18.5 Å². The summed E-state index contributed by atoms with van der Waals surface area (Å²) < 4.78 is 1.06. The summed E-state index contributed by atoms with van der Waals surface area (Å²) in [6, 6.07) is 5.66. The van der Waals surface area contributed by atoms with Crippen LogP contribution in [0, 0.1) is 8.99 Å². The van der Waals surface area contributed by atoms with Gasteiger partial charge in [0, 0.05) is 10.1 Å². The van der Waals surface area contributed by atoms with Gasteiger partial charge in [0.1, 0.15) is 0 Å². The number of hydrogen-bond acceptors (Lipinski definition) is 2. The van der Waals surface area contributed by atoms with E-state index in [1.165, 1.54) is 0 Å². The Kier molecular flexibility index (Phi) is 5.09. The predicted molar refractivity (Wildman–Crippen MR) is 87.6 cm³/mol. The molecule has 1 aliphatic rings. The molecule has 0 radical (unpaired) electrons. The summed E-state index contributed by atoms with van der Waals surface area (Å²) in [5.74, 6) is 0.0744. The Balaban J connectivity index is 2.15. The van der Waals surface area contributed by atoms with E-state index in [9.17, 15) is 4.79 Å². The van der Waals surface area contributed by atoms with Crippen LogP contribution in [-0.4, -0.2) is 19.0 Å². The number of hydrogen-bond donors (Lipinski definition) is 2. The number of piperidine rings is 1. The molecule has 2 N–H and O–H groups in total. The highest BCUT2D eigenvalue weighted by atomic mass is 127. The summed E-state index contributed by atoms with van der Waals surface area (Å²) >= 11 is 8.37. The monoisotopic (exact) mass is 392 g/mol. The fraction of sp³-hybridized carbons (Fsp3) is 0.500. The molecule has 5 heteroatoms. The van der Waals surface area contributed by atoms with Crippen LogP contribution in [0.3, 0.4) is 0 Å². The van der Waals surface area contributed by atoms with Crippen LogP contribution in [-0.2, 0) is 4.79 Å². The summed E-state index contributed by atoms with van der Waals surface area (Å²) in [5.41, 5.74) is 0.399. The van der Waals surface area contributed by atoms with Crippen molar-refractivity contribution in [1.29, 1.82) is 0 Å². The Morgan fingerprint density at radius 2 is 2.37 bits per heavy atom. The van der Waals surface area contributed by atoms with Gasteiger partial charge in [0.05, 0.1) is 16.1 Å². The zero-order valence-corrected chi connectivity index (χ0v) is 13.8. The number of anilines is 1. The van der Waals surface area contributed by atoms with Crippen LogP contribution in [0.25, 0.3) is 0 Å². The maximum atomic E-state index is 12.5. The van der Waals surface area contributed by atoms with E-state index in [2.05, 4.69) is 40.1 Å². The molecule has 1 aromatic carbocycles. The van der Waals surface area contributed by atoms with Gasteiger partial charge < -0.3 is 10.6 Å². The van der Waals surface area contributed by atoms with E-state index in [1.54, 1.807) is 0 Å². The van der Waals surface area contributed by atoms with Gasteiger partial charge in [-0.2, -0.15) is 0 Å². The SMILES string of the molecule is CCC1(C(=O)Nc2ccc(I)cc2Cl)CCCNC1. The maximum Gasteiger partial charge on any atom is 0.231 e. The third kappa shape index (κ3) is 3.41. The summed E-state index contributed by atoms with van der Waals surface area (Å²) in [6.07, 6.45) is 2.82. The van der Waals surface area contributed by atoms with Gasteiger partial charge in [0.15, 0.2) is 0 Å². The Hall–Kier alpha value is -0.330. The molecule has 2 rings (SSSR count). The second-order valence-electron chi connectivity index (χ2n) is 4.99. The van der Waals surface area contributed by atoms with Crippen molar-refractivity contribution in [2.75, 3.05) is 18.4 Å². The number of carbonyl (C=O) groups is 1. The first-order chi connectivity index (χ1) is 9.07. The minimum Gasteiger partial charge on any atom is -0.324 e. The first-order valence-corrected chi connectivity index (χ1v) is 8.00. The van der Waals surface area contributed by atoms with E-state index in [1.807, 2.05) is 18.2 Å². The quantitative estimate of drug-likeness (QED) is 0.771. The second-order valence-corrected chi connectivity index (χ2v) is 6.65. The molecule has 0 spiro atoms. The Morgan fingerprint density at radius 1 is 1.58 bits per heavy atom. The molecular formula is C14H18ClIN2O. The van der Waals surface area contributed by atoms with E-state index in [0.29, 0.717) is 10.7 Å². The third-order valence-electron chi connectivity index (χ3n) is 3.81. The summed E-state index contributed by atoms with van der Waals surface area (Å²) in [5, 5.41) is 6.90. The van der Waals surface area contributed by atoms with Crippen molar-refractivity contribution in [2.45, 2.75) is 26.2 Å². The van der Waals surface area contributed by atoms with E-state index in [4.69, 9.17) is 11.6 Å². The number of amides is 1. The molecule has 1 fully saturated rings. The molecule has 0 aromatic heterocycles.